The summed E-state index contributed by atoms with van der Waals surface area (Å²) in [5, 5.41) is 0. The smallest absolute Gasteiger partial charge is 0.329 e. The van der Waals surface area contributed by atoms with Gasteiger partial charge in [-0.1, -0.05) is 13.8 Å². The van der Waals surface area contributed by atoms with Crippen LogP contribution in [0.1, 0.15) is 27.2 Å². The summed E-state index contributed by atoms with van der Waals surface area (Å²) >= 11 is 0. The molecule has 0 radical (unpaired) electrons. The molecular weight excluding hydrogens is 344 g/mol. The lowest BCUT2D eigenvalue weighted by Gasteiger charge is -2.30. The van der Waals surface area contributed by atoms with Crippen LogP contribution in [0, 0.1) is 5.92 Å². The van der Waals surface area contributed by atoms with Crippen molar-refractivity contribution in [1.29, 1.82) is 0 Å². The summed E-state index contributed by atoms with van der Waals surface area (Å²) in [6.45, 7) is 5.69. The second-order valence-electron chi connectivity index (χ2n) is 6.22. The van der Waals surface area contributed by atoms with Gasteiger partial charge in [-0.2, -0.15) is 0 Å². The fraction of sp³-hybridized carbons (Fsp3) is 0.692. The molecule has 0 saturated carbocycles. The van der Waals surface area contributed by atoms with Crippen molar-refractivity contribution in [2.45, 2.75) is 37.6 Å². The van der Waals surface area contributed by atoms with Crippen molar-refractivity contribution in [3.63, 3.8) is 0 Å². The number of nitrogens with two attached hydrogens (primary N) is 1. The number of aromatic nitrogens is 2. The molecule has 0 saturated heterocycles. The second-order valence-corrected chi connectivity index (χ2v) is 7.87. The van der Waals surface area contributed by atoms with Crippen LogP contribution in [0.5, 0.6) is 0 Å². The molecule has 1 aromatic heterocycles. The molecule has 3 N–H and O–H groups in total. The number of sulfonamides is 1. The molecular formula is C13H25ClN4O4S. The van der Waals surface area contributed by atoms with Crippen LogP contribution in [-0.2, 0) is 24.1 Å². The maximum Gasteiger partial charge on any atom is 0.330 e. The SMILES string of the molecule is CC(C)CC(C)(CN)NS(=O)(=O)c1cn(C)c(=O)n(C)c1=O.Cl. The van der Waals surface area contributed by atoms with Gasteiger partial charge in [0.2, 0.25) is 10.0 Å². The van der Waals surface area contributed by atoms with Crippen molar-refractivity contribution in [3.05, 3.63) is 27.0 Å². The molecule has 0 spiro atoms. The molecule has 0 aliphatic carbocycles. The molecule has 10 heteroatoms. The Morgan fingerprint density at radius 2 is 1.83 bits per heavy atom. The lowest BCUT2D eigenvalue weighted by Crippen LogP contribution is -2.53. The Balaban J connectivity index is 0.00000484. The molecule has 0 aliphatic heterocycles. The third kappa shape index (κ3) is 4.90. The molecule has 1 heterocycles. The van der Waals surface area contributed by atoms with Gasteiger partial charge in [-0.3, -0.25) is 9.36 Å². The van der Waals surface area contributed by atoms with Gasteiger partial charge in [0.15, 0.2) is 4.90 Å². The zero-order chi connectivity index (χ0) is 17.3. The van der Waals surface area contributed by atoms with Crippen LogP contribution in [0.25, 0.3) is 0 Å². The molecule has 1 aromatic rings. The number of hydrogen-bond donors (Lipinski definition) is 2. The summed E-state index contributed by atoms with van der Waals surface area (Å²) in [6.07, 6.45) is 1.55. The lowest BCUT2D eigenvalue weighted by molar-refractivity contribution is 0.344. The Labute approximate surface area is 142 Å². The van der Waals surface area contributed by atoms with Crippen molar-refractivity contribution in [3.8, 4) is 0 Å². The first-order chi connectivity index (χ1) is 9.93. The van der Waals surface area contributed by atoms with E-state index in [2.05, 4.69) is 4.72 Å². The molecule has 1 unspecified atom stereocenters. The maximum atomic E-state index is 12.5. The molecule has 8 nitrogen and oxygen atoms in total. The Morgan fingerprint density at radius 3 is 2.26 bits per heavy atom. The van der Waals surface area contributed by atoms with Crippen LogP contribution in [0.3, 0.4) is 0 Å². The maximum absolute atomic E-state index is 12.5. The lowest BCUT2D eigenvalue weighted by atomic mass is 9.92. The average Bonchev–Trinajstić information content (AvgIpc) is 2.38. The summed E-state index contributed by atoms with van der Waals surface area (Å²) in [6, 6.07) is 0. The molecule has 0 aromatic carbocycles. The van der Waals surface area contributed by atoms with Gasteiger partial charge in [0.1, 0.15) is 0 Å². The van der Waals surface area contributed by atoms with Crippen LogP contribution in [0.2, 0.25) is 0 Å². The molecule has 134 valence electrons. The fourth-order valence-corrected chi connectivity index (χ4v) is 4.00. The van der Waals surface area contributed by atoms with Gasteiger partial charge in [0.05, 0.1) is 0 Å². The third-order valence-corrected chi connectivity index (χ3v) is 5.02. The van der Waals surface area contributed by atoms with E-state index in [0.29, 0.717) is 6.42 Å². The summed E-state index contributed by atoms with van der Waals surface area (Å²) in [5.41, 5.74) is 3.38. The van der Waals surface area contributed by atoms with Crippen molar-refractivity contribution < 1.29 is 8.42 Å². The number of nitrogens with zero attached hydrogens (tertiary/aromatic N) is 2. The second kappa shape index (κ2) is 7.61. The molecule has 0 aliphatic rings. The van der Waals surface area contributed by atoms with E-state index in [1.807, 2.05) is 13.8 Å². The van der Waals surface area contributed by atoms with E-state index in [1.54, 1.807) is 6.92 Å². The third-order valence-electron chi connectivity index (χ3n) is 3.39. The largest absolute Gasteiger partial charge is 0.330 e. The number of aryl methyl sites for hydroxylation is 1. The van der Waals surface area contributed by atoms with Gasteiger partial charge in [-0.15, -0.1) is 12.4 Å². The predicted octanol–water partition coefficient (Wildman–Crippen LogP) is -0.452. The monoisotopic (exact) mass is 368 g/mol. The van der Waals surface area contributed by atoms with Crippen LogP contribution in [0.15, 0.2) is 20.7 Å². The van der Waals surface area contributed by atoms with Crippen LogP contribution in [-0.4, -0.2) is 29.6 Å². The molecule has 1 rings (SSSR count). The number of rotatable bonds is 6. The fourth-order valence-electron chi connectivity index (χ4n) is 2.41. The normalized spacial score (nSPS) is 14.4. The van der Waals surface area contributed by atoms with Gasteiger partial charge in [0.25, 0.3) is 5.56 Å². The van der Waals surface area contributed by atoms with Gasteiger partial charge >= 0.3 is 5.69 Å². The molecule has 0 fully saturated rings. The minimum atomic E-state index is -4.09. The number of hydrogen-bond acceptors (Lipinski definition) is 5. The molecule has 0 bridgehead atoms. The van der Waals surface area contributed by atoms with Crippen molar-refractivity contribution >= 4 is 22.4 Å². The standard InChI is InChI=1S/C13H24N4O4S.ClH/c1-9(2)6-13(3,8-14)15-22(20,21)10-7-16(4)12(19)17(5)11(10)18;/h7,9,15H,6,8,14H2,1-5H3;1H. The Morgan fingerprint density at radius 1 is 1.30 bits per heavy atom. The predicted molar refractivity (Wildman–Crippen MR) is 91.4 cm³/mol. The van der Waals surface area contributed by atoms with Crippen LogP contribution in [0.4, 0.5) is 0 Å². The first-order valence-corrected chi connectivity index (χ1v) is 8.42. The van der Waals surface area contributed by atoms with Gasteiger partial charge in [-0.05, 0) is 19.3 Å². The van der Waals surface area contributed by atoms with Gasteiger partial charge in [-0.25, -0.2) is 17.9 Å². The molecule has 23 heavy (non-hydrogen) atoms. The zero-order valence-corrected chi connectivity index (χ0v) is 15.6. The van der Waals surface area contributed by atoms with E-state index in [-0.39, 0.29) is 24.9 Å². The Kier molecular flexibility index (Phi) is 7.22. The number of nitrogens with one attached hydrogen (secondary N) is 1. The van der Waals surface area contributed by atoms with Gasteiger partial charge < -0.3 is 10.3 Å². The summed E-state index contributed by atoms with van der Waals surface area (Å²) in [4.78, 5) is 23.3. The highest BCUT2D eigenvalue weighted by Crippen LogP contribution is 2.18. The zero-order valence-electron chi connectivity index (χ0n) is 14.0. The Bertz CT molecular complexity index is 769. The summed E-state index contributed by atoms with van der Waals surface area (Å²) in [5.74, 6) is 0.221. The van der Waals surface area contributed by atoms with Crippen molar-refractivity contribution in [2.24, 2.45) is 25.7 Å². The van der Waals surface area contributed by atoms with E-state index in [4.69, 9.17) is 5.73 Å². The van der Waals surface area contributed by atoms with Crippen molar-refractivity contribution in [2.75, 3.05) is 6.54 Å². The number of halogens is 1. The van der Waals surface area contributed by atoms with E-state index < -0.39 is 31.7 Å². The van der Waals surface area contributed by atoms with Gasteiger partial charge in [0, 0.05) is 32.4 Å². The van der Waals surface area contributed by atoms with E-state index in [0.717, 1.165) is 15.3 Å². The minimum Gasteiger partial charge on any atom is -0.329 e. The topological polar surface area (TPSA) is 116 Å². The van der Waals surface area contributed by atoms with E-state index >= 15 is 0 Å². The summed E-state index contributed by atoms with van der Waals surface area (Å²) in [7, 11) is -1.47. The highest BCUT2D eigenvalue weighted by atomic mass is 35.5. The summed E-state index contributed by atoms with van der Waals surface area (Å²) < 4.78 is 29.4. The van der Waals surface area contributed by atoms with Crippen molar-refractivity contribution in [1.82, 2.24) is 13.9 Å². The van der Waals surface area contributed by atoms with Crippen LogP contribution >= 0.6 is 12.4 Å². The minimum absolute atomic E-state index is 0. The van der Waals surface area contributed by atoms with E-state index in [9.17, 15) is 18.0 Å². The first kappa shape index (κ1) is 21.8. The molecule has 0 amide bonds. The molecule has 1 atom stereocenters. The highest BCUT2D eigenvalue weighted by molar-refractivity contribution is 7.89. The Hall–Kier alpha value is -1.16. The quantitative estimate of drug-likeness (QED) is 0.705. The average molecular weight is 369 g/mol. The van der Waals surface area contributed by atoms with E-state index in [1.165, 1.54) is 14.1 Å². The first-order valence-electron chi connectivity index (χ1n) is 6.94. The highest BCUT2D eigenvalue weighted by Gasteiger charge is 2.32. The van der Waals surface area contributed by atoms with Crippen LogP contribution < -0.4 is 21.7 Å².